The van der Waals surface area contributed by atoms with E-state index in [2.05, 4.69) is 11.2 Å². The van der Waals surface area contributed by atoms with Crippen molar-refractivity contribution in [3.63, 3.8) is 0 Å². The summed E-state index contributed by atoms with van der Waals surface area (Å²) in [6.07, 6.45) is 7.99. The van der Waals surface area contributed by atoms with Crippen LogP contribution in [-0.4, -0.2) is 28.8 Å². The Labute approximate surface area is 175 Å². The van der Waals surface area contributed by atoms with E-state index in [1.54, 1.807) is 12.1 Å². The minimum Gasteiger partial charge on any atom is -0.347 e. The van der Waals surface area contributed by atoms with E-state index in [1.807, 2.05) is 23.9 Å². The van der Waals surface area contributed by atoms with E-state index < -0.39 is 5.79 Å². The van der Waals surface area contributed by atoms with Crippen LogP contribution in [0.5, 0.6) is 0 Å². The van der Waals surface area contributed by atoms with Gasteiger partial charge >= 0.3 is 0 Å². The molecule has 0 unspecified atom stereocenters. The van der Waals surface area contributed by atoms with Gasteiger partial charge in [0.05, 0.1) is 24.6 Å². The maximum Gasteiger partial charge on any atom is 0.174 e. The molecule has 2 fully saturated rings. The summed E-state index contributed by atoms with van der Waals surface area (Å²) in [5.41, 5.74) is 3.87. The SMILES string of the molecule is Cn1nc(/C=C/C2=C(Cl)C[C@H]3CC[C@@H](C2)C32OCCO2)cc1-c1ccc(F)cc1. The molecule has 2 atom stereocenters. The van der Waals surface area contributed by atoms with Crippen molar-refractivity contribution in [1.29, 1.82) is 0 Å². The topological polar surface area (TPSA) is 36.3 Å². The predicted octanol–water partition coefficient (Wildman–Crippen LogP) is 5.30. The van der Waals surface area contributed by atoms with Gasteiger partial charge in [-0.15, -0.1) is 0 Å². The first-order valence-electron chi connectivity index (χ1n) is 10.2. The summed E-state index contributed by atoms with van der Waals surface area (Å²) in [6.45, 7) is 1.35. The highest BCUT2D eigenvalue weighted by molar-refractivity contribution is 6.30. The maximum absolute atomic E-state index is 13.2. The van der Waals surface area contributed by atoms with E-state index in [-0.39, 0.29) is 5.82 Å². The van der Waals surface area contributed by atoms with E-state index in [0.717, 1.165) is 53.2 Å². The number of benzene rings is 1. The van der Waals surface area contributed by atoms with Crippen molar-refractivity contribution in [2.24, 2.45) is 18.9 Å². The van der Waals surface area contributed by atoms with Gasteiger partial charge in [-0.2, -0.15) is 5.10 Å². The number of ether oxygens (including phenoxy) is 2. The lowest BCUT2D eigenvalue weighted by atomic mass is 9.93. The molecule has 2 bridgehead atoms. The first-order valence-corrected chi connectivity index (χ1v) is 10.6. The molecule has 2 heterocycles. The molecule has 1 saturated heterocycles. The molecule has 1 saturated carbocycles. The molecule has 5 rings (SSSR count). The number of nitrogens with zero attached hydrogens (tertiary/aromatic N) is 2. The third kappa shape index (κ3) is 3.35. The number of aromatic nitrogens is 2. The van der Waals surface area contributed by atoms with Gasteiger partial charge in [0.2, 0.25) is 0 Å². The molecule has 0 radical (unpaired) electrons. The fraction of sp³-hybridized carbons (Fsp3) is 0.435. The van der Waals surface area contributed by atoms with Gasteiger partial charge in [0.15, 0.2) is 5.79 Å². The van der Waals surface area contributed by atoms with Crippen LogP contribution in [0.2, 0.25) is 0 Å². The van der Waals surface area contributed by atoms with Crippen LogP contribution in [0, 0.1) is 17.7 Å². The molecular formula is C23H24ClFN2O2. The molecule has 0 N–H and O–H groups in total. The Morgan fingerprint density at radius 2 is 1.79 bits per heavy atom. The highest BCUT2D eigenvalue weighted by atomic mass is 35.5. The summed E-state index contributed by atoms with van der Waals surface area (Å²) < 4.78 is 27.2. The van der Waals surface area contributed by atoms with Gasteiger partial charge in [0, 0.05) is 23.9 Å². The summed E-state index contributed by atoms with van der Waals surface area (Å²) in [6, 6.07) is 8.47. The molecule has 1 aliphatic heterocycles. The third-order valence-electron chi connectivity index (χ3n) is 6.47. The van der Waals surface area contributed by atoms with E-state index in [1.165, 1.54) is 12.1 Å². The van der Waals surface area contributed by atoms with Crippen LogP contribution in [0.4, 0.5) is 4.39 Å². The number of rotatable bonds is 3. The Morgan fingerprint density at radius 3 is 2.52 bits per heavy atom. The van der Waals surface area contributed by atoms with Crippen molar-refractivity contribution < 1.29 is 13.9 Å². The highest BCUT2D eigenvalue weighted by Gasteiger charge is 2.55. The molecule has 152 valence electrons. The number of allylic oxidation sites excluding steroid dienone is 3. The first kappa shape index (κ1) is 19.0. The fourth-order valence-corrected chi connectivity index (χ4v) is 5.40. The zero-order valence-electron chi connectivity index (χ0n) is 16.4. The van der Waals surface area contributed by atoms with Crippen LogP contribution < -0.4 is 0 Å². The lowest BCUT2D eigenvalue weighted by Gasteiger charge is -2.33. The largest absolute Gasteiger partial charge is 0.347 e. The van der Waals surface area contributed by atoms with Gasteiger partial charge in [0.25, 0.3) is 0 Å². The van der Waals surface area contributed by atoms with E-state index in [9.17, 15) is 4.39 Å². The lowest BCUT2D eigenvalue weighted by Crippen LogP contribution is -2.40. The van der Waals surface area contributed by atoms with Gasteiger partial charge in [0.1, 0.15) is 5.82 Å². The van der Waals surface area contributed by atoms with Crippen LogP contribution in [0.15, 0.2) is 47.0 Å². The average Bonchev–Trinajstić information content (AvgIpc) is 3.39. The Balaban J connectivity index is 1.38. The number of halogens is 2. The Hall–Kier alpha value is -1.95. The van der Waals surface area contributed by atoms with E-state index in [4.69, 9.17) is 21.1 Å². The van der Waals surface area contributed by atoms with Crippen LogP contribution in [0.1, 0.15) is 31.4 Å². The van der Waals surface area contributed by atoms with Gasteiger partial charge in [-0.1, -0.05) is 17.7 Å². The average molecular weight is 415 g/mol. The van der Waals surface area contributed by atoms with Gasteiger partial charge in [-0.05, 0) is 73.2 Å². The number of hydrogen-bond donors (Lipinski definition) is 0. The smallest absolute Gasteiger partial charge is 0.174 e. The molecule has 2 aromatic rings. The first-order chi connectivity index (χ1) is 14.0. The normalized spacial score (nSPS) is 26.0. The van der Waals surface area contributed by atoms with E-state index >= 15 is 0 Å². The van der Waals surface area contributed by atoms with Crippen molar-refractivity contribution in [2.45, 2.75) is 31.5 Å². The summed E-state index contributed by atoms with van der Waals surface area (Å²) >= 11 is 6.71. The van der Waals surface area contributed by atoms with Crippen molar-refractivity contribution in [2.75, 3.05) is 13.2 Å². The molecule has 6 heteroatoms. The van der Waals surface area contributed by atoms with Crippen molar-refractivity contribution in [3.8, 4) is 11.3 Å². The van der Waals surface area contributed by atoms with Crippen molar-refractivity contribution >= 4 is 17.7 Å². The predicted molar refractivity (Wildman–Crippen MR) is 111 cm³/mol. The Morgan fingerprint density at radius 1 is 1.10 bits per heavy atom. The zero-order valence-corrected chi connectivity index (χ0v) is 17.2. The number of hydrogen-bond acceptors (Lipinski definition) is 3. The third-order valence-corrected chi connectivity index (χ3v) is 6.87. The molecule has 4 nitrogen and oxygen atoms in total. The molecule has 29 heavy (non-hydrogen) atoms. The molecule has 1 spiro atoms. The monoisotopic (exact) mass is 414 g/mol. The molecule has 3 aliphatic rings. The van der Waals surface area contributed by atoms with Crippen molar-refractivity contribution in [3.05, 3.63) is 58.5 Å². The van der Waals surface area contributed by atoms with Gasteiger partial charge < -0.3 is 9.47 Å². The minimum absolute atomic E-state index is 0.242. The minimum atomic E-state index is -0.434. The molecule has 2 aliphatic carbocycles. The zero-order chi connectivity index (χ0) is 20.0. The van der Waals surface area contributed by atoms with Crippen LogP contribution in [0.25, 0.3) is 17.3 Å². The van der Waals surface area contributed by atoms with Crippen LogP contribution in [0.3, 0.4) is 0 Å². The molecular weight excluding hydrogens is 391 g/mol. The second kappa shape index (κ2) is 7.38. The molecule has 1 aromatic heterocycles. The fourth-order valence-electron chi connectivity index (χ4n) is 5.07. The number of aryl methyl sites for hydroxylation is 1. The summed E-state index contributed by atoms with van der Waals surface area (Å²) in [4.78, 5) is 0. The van der Waals surface area contributed by atoms with E-state index in [0.29, 0.717) is 25.0 Å². The standard InChI is InChI=1S/C23H24ClFN2O2/c1-27-22(15-2-7-19(25)8-3-15)14-20(26-27)9-4-16-12-17-5-6-18(13-21(16)24)23(17)28-10-11-29-23/h2-4,7-9,14,17-18H,5-6,10-13H2,1H3/b9-4+/t17-,18+/m0/s1. The summed E-state index contributed by atoms with van der Waals surface area (Å²) in [5, 5.41) is 5.49. The van der Waals surface area contributed by atoms with Crippen LogP contribution >= 0.6 is 11.6 Å². The maximum atomic E-state index is 13.2. The summed E-state index contributed by atoms with van der Waals surface area (Å²) in [7, 11) is 1.89. The lowest BCUT2D eigenvalue weighted by molar-refractivity contribution is -0.207. The van der Waals surface area contributed by atoms with Gasteiger partial charge in [-0.3, -0.25) is 4.68 Å². The quantitative estimate of drug-likeness (QED) is 0.684. The van der Waals surface area contributed by atoms with Crippen molar-refractivity contribution in [1.82, 2.24) is 9.78 Å². The van der Waals surface area contributed by atoms with Gasteiger partial charge in [-0.25, -0.2) is 4.39 Å². The molecule has 1 aromatic carbocycles. The Bertz CT molecular complexity index is 973. The molecule has 0 amide bonds. The highest BCUT2D eigenvalue weighted by Crippen LogP contribution is 2.54. The summed E-state index contributed by atoms with van der Waals surface area (Å²) in [5.74, 6) is 0.0160. The van der Waals surface area contributed by atoms with Crippen LogP contribution in [-0.2, 0) is 16.5 Å². The Kier molecular flexibility index (Phi) is 4.85. The second-order valence-electron chi connectivity index (χ2n) is 8.15. The second-order valence-corrected chi connectivity index (χ2v) is 8.60.